The Bertz CT molecular complexity index is 399. The second kappa shape index (κ2) is 3.96. The molecule has 1 rings (SSSR count). The highest BCUT2D eigenvalue weighted by Gasteiger charge is 2.26. The molecule has 0 spiro atoms. The Morgan fingerprint density at radius 2 is 1.87 bits per heavy atom. The van der Waals surface area contributed by atoms with Crippen LogP contribution in [0.3, 0.4) is 0 Å². The monoisotopic (exact) mass is 284 g/mol. The average Bonchev–Trinajstić information content (AvgIpc) is 2.47. The fraction of sp³-hybridized carbons (Fsp3) is 0.538. The Kier molecular flexibility index (Phi) is 3.38. The predicted octanol–water partition coefficient (Wildman–Crippen LogP) is 4.60. The van der Waals surface area contributed by atoms with Gasteiger partial charge in [0.15, 0.2) is 0 Å². The lowest BCUT2D eigenvalue weighted by molar-refractivity contribution is 0.711. The molecule has 0 radical (unpaired) electrons. The molecule has 0 aliphatic carbocycles. The van der Waals surface area contributed by atoms with Crippen LogP contribution in [0.25, 0.3) is 0 Å². The number of aryl methyl sites for hydroxylation is 1. The molecule has 0 aliphatic rings. The van der Waals surface area contributed by atoms with Crippen LogP contribution in [0.1, 0.15) is 43.0 Å². The van der Waals surface area contributed by atoms with Gasteiger partial charge in [0, 0.05) is 9.75 Å². The highest BCUT2D eigenvalue weighted by molar-refractivity contribution is 9.09. The molecule has 1 heterocycles. The fourth-order valence-electron chi connectivity index (χ4n) is 1.46. The summed E-state index contributed by atoms with van der Waals surface area (Å²) in [6.45, 7) is 10.6. The normalized spacial score (nSPS) is 12.6. The van der Waals surface area contributed by atoms with Crippen LogP contribution in [0.5, 0.6) is 0 Å². The number of halogens is 1. The molecule has 0 saturated heterocycles. The quantitative estimate of drug-likeness (QED) is 0.550. The lowest BCUT2D eigenvalue weighted by Gasteiger charge is -2.17. The molecule has 1 aromatic heterocycles. The Hall–Kier alpha value is -0.260. The Balaban J connectivity index is 3.26. The van der Waals surface area contributed by atoms with E-state index in [1.54, 1.807) is 0 Å². The number of thiophene rings is 1. The van der Waals surface area contributed by atoms with E-state index in [-0.39, 0.29) is 9.74 Å². The topological polar surface area (TPSA) is 0 Å². The second-order valence-corrected chi connectivity index (χ2v) is 7.90. The summed E-state index contributed by atoms with van der Waals surface area (Å²) in [5.41, 5.74) is 1.14. The summed E-state index contributed by atoms with van der Waals surface area (Å²) < 4.78 is 0.0331. The number of hydrogen-bond donors (Lipinski definition) is 0. The average molecular weight is 285 g/mol. The summed E-state index contributed by atoms with van der Waals surface area (Å²) in [6, 6.07) is 2.23. The highest BCUT2D eigenvalue weighted by atomic mass is 79.9. The number of hydrogen-bond acceptors (Lipinski definition) is 1. The lowest BCUT2D eigenvalue weighted by atomic mass is 9.90. The van der Waals surface area contributed by atoms with Gasteiger partial charge in [0.05, 0.1) is 9.74 Å². The van der Waals surface area contributed by atoms with Crippen molar-refractivity contribution in [1.29, 1.82) is 0 Å². The van der Waals surface area contributed by atoms with Crippen molar-refractivity contribution >= 4 is 27.3 Å². The first-order chi connectivity index (χ1) is 6.68. The zero-order chi connectivity index (χ0) is 11.9. The van der Waals surface area contributed by atoms with Gasteiger partial charge >= 0.3 is 0 Å². The van der Waals surface area contributed by atoms with Crippen LogP contribution >= 0.6 is 27.3 Å². The standard InChI is InChI=1S/C13H17BrS/c1-7-12(3,4)11-9(2)8-10(15-11)13(5,6)14/h1,8H,2-6H3. The smallest absolute Gasteiger partial charge is 0.0599 e. The minimum absolute atomic E-state index is 0.0331. The summed E-state index contributed by atoms with van der Waals surface area (Å²) in [7, 11) is 0. The van der Waals surface area contributed by atoms with E-state index in [4.69, 9.17) is 6.42 Å². The van der Waals surface area contributed by atoms with Crippen molar-refractivity contribution in [2.45, 2.75) is 44.4 Å². The first-order valence-electron chi connectivity index (χ1n) is 4.96. The third-order valence-corrected chi connectivity index (χ3v) is 5.01. The van der Waals surface area contributed by atoms with Gasteiger partial charge in [-0.1, -0.05) is 21.9 Å². The van der Waals surface area contributed by atoms with Gasteiger partial charge in [0.25, 0.3) is 0 Å². The first-order valence-corrected chi connectivity index (χ1v) is 6.57. The molecular formula is C13H17BrS. The third-order valence-electron chi connectivity index (χ3n) is 2.43. The van der Waals surface area contributed by atoms with Crippen LogP contribution < -0.4 is 0 Å². The molecule has 15 heavy (non-hydrogen) atoms. The SMILES string of the molecule is C#CC(C)(C)c1sc(C(C)(C)Br)cc1C. The van der Waals surface area contributed by atoms with Gasteiger partial charge < -0.3 is 0 Å². The maximum Gasteiger partial charge on any atom is 0.0599 e. The molecular weight excluding hydrogens is 268 g/mol. The van der Waals surface area contributed by atoms with Gasteiger partial charge in [0.2, 0.25) is 0 Å². The predicted molar refractivity (Wildman–Crippen MR) is 72.9 cm³/mol. The molecule has 0 unspecified atom stereocenters. The maximum atomic E-state index is 5.57. The number of rotatable bonds is 2. The molecule has 82 valence electrons. The van der Waals surface area contributed by atoms with Gasteiger partial charge in [-0.2, -0.15) is 0 Å². The first kappa shape index (κ1) is 12.8. The molecule has 2 heteroatoms. The molecule has 0 bridgehead atoms. The summed E-state index contributed by atoms with van der Waals surface area (Å²) in [5.74, 6) is 2.86. The number of terminal acetylenes is 1. The molecule has 1 aromatic rings. The molecule has 0 aromatic carbocycles. The summed E-state index contributed by atoms with van der Waals surface area (Å²) in [4.78, 5) is 2.63. The molecule has 0 aliphatic heterocycles. The zero-order valence-electron chi connectivity index (χ0n) is 9.94. The van der Waals surface area contributed by atoms with Crippen LogP contribution in [0.4, 0.5) is 0 Å². The molecule has 0 amide bonds. The van der Waals surface area contributed by atoms with Crippen molar-refractivity contribution in [2.24, 2.45) is 0 Å². The van der Waals surface area contributed by atoms with Crippen molar-refractivity contribution < 1.29 is 0 Å². The van der Waals surface area contributed by atoms with E-state index in [0.29, 0.717) is 0 Å². The second-order valence-electron chi connectivity index (χ2n) is 4.86. The van der Waals surface area contributed by atoms with Crippen LogP contribution in [-0.2, 0) is 9.74 Å². The van der Waals surface area contributed by atoms with E-state index in [1.807, 2.05) is 11.3 Å². The minimum atomic E-state index is -0.161. The largest absolute Gasteiger partial charge is 0.142 e. The van der Waals surface area contributed by atoms with Crippen LogP contribution in [0, 0.1) is 19.3 Å². The van der Waals surface area contributed by atoms with E-state index in [1.165, 1.54) is 15.3 Å². The molecule has 0 atom stereocenters. The van der Waals surface area contributed by atoms with E-state index in [0.717, 1.165) is 0 Å². The zero-order valence-corrected chi connectivity index (χ0v) is 12.3. The summed E-state index contributed by atoms with van der Waals surface area (Å²) in [6.07, 6.45) is 5.57. The van der Waals surface area contributed by atoms with E-state index in [2.05, 4.69) is 62.5 Å². The van der Waals surface area contributed by atoms with Gasteiger partial charge in [-0.05, 0) is 46.2 Å². The molecule has 0 saturated carbocycles. The van der Waals surface area contributed by atoms with E-state index < -0.39 is 0 Å². The number of alkyl halides is 1. The minimum Gasteiger partial charge on any atom is -0.142 e. The van der Waals surface area contributed by atoms with Crippen molar-refractivity contribution in [3.8, 4) is 12.3 Å². The van der Waals surface area contributed by atoms with Gasteiger partial charge in [-0.25, -0.2) is 0 Å². The molecule has 0 fully saturated rings. The summed E-state index contributed by atoms with van der Waals surface area (Å²) in [5, 5.41) is 0. The van der Waals surface area contributed by atoms with Crippen molar-refractivity contribution in [3.63, 3.8) is 0 Å². The Morgan fingerprint density at radius 1 is 1.33 bits per heavy atom. The van der Waals surface area contributed by atoms with Crippen LogP contribution in [0.2, 0.25) is 0 Å². The Labute approximate surface area is 105 Å². The van der Waals surface area contributed by atoms with Crippen molar-refractivity contribution in [2.75, 3.05) is 0 Å². The highest BCUT2D eigenvalue weighted by Crippen LogP contribution is 2.41. The van der Waals surface area contributed by atoms with Crippen LogP contribution in [0.15, 0.2) is 6.07 Å². The molecule has 0 N–H and O–H groups in total. The fourth-order valence-corrected chi connectivity index (χ4v) is 3.05. The lowest BCUT2D eigenvalue weighted by Crippen LogP contribution is -2.12. The van der Waals surface area contributed by atoms with Crippen molar-refractivity contribution in [3.05, 3.63) is 21.4 Å². The van der Waals surface area contributed by atoms with Crippen LogP contribution in [-0.4, -0.2) is 0 Å². The molecule has 0 nitrogen and oxygen atoms in total. The summed E-state index contributed by atoms with van der Waals surface area (Å²) >= 11 is 5.49. The van der Waals surface area contributed by atoms with Crippen molar-refractivity contribution in [1.82, 2.24) is 0 Å². The van der Waals surface area contributed by atoms with Gasteiger partial charge in [0.1, 0.15) is 0 Å². The van der Waals surface area contributed by atoms with E-state index in [9.17, 15) is 0 Å². The van der Waals surface area contributed by atoms with E-state index >= 15 is 0 Å². The van der Waals surface area contributed by atoms with Gasteiger partial charge in [-0.3, -0.25) is 0 Å². The van der Waals surface area contributed by atoms with Gasteiger partial charge in [-0.15, -0.1) is 17.8 Å². The third kappa shape index (κ3) is 2.65. The maximum absolute atomic E-state index is 5.57. The Morgan fingerprint density at radius 3 is 2.20 bits per heavy atom.